The minimum atomic E-state index is 0.112. The number of nitrogens with zero attached hydrogens (tertiary/aromatic N) is 3. The van der Waals surface area contributed by atoms with Crippen LogP contribution in [0.15, 0.2) is 0 Å². The second-order valence-electron chi connectivity index (χ2n) is 4.99. The van der Waals surface area contributed by atoms with Gasteiger partial charge < -0.3 is 14.7 Å². The Morgan fingerprint density at radius 1 is 1.28 bits per heavy atom. The second kappa shape index (κ2) is 5.50. The lowest BCUT2D eigenvalue weighted by atomic mass is 10.1. The van der Waals surface area contributed by atoms with E-state index in [1.807, 2.05) is 0 Å². The maximum atomic E-state index is 8.74. The van der Waals surface area contributed by atoms with Crippen molar-refractivity contribution in [2.45, 2.75) is 37.7 Å². The Balaban J connectivity index is 1.51. The molecule has 1 saturated heterocycles. The third kappa shape index (κ3) is 2.81. The van der Waals surface area contributed by atoms with Gasteiger partial charge in [0.25, 0.3) is 0 Å². The van der Waals surface area contributed by atoms with Gasteiger partial charge in [-0.15, -0.1) is 0 Å². The Morgan fingerprint density at radius 3 is 2.72 bits per heavy atom. The lowest BCUT2D eigenvalue weighted by molar-refractivity contribution is 0.0159. The number of hydrogen-bond donors (Lipinski definition) is 1. The summed E-state index contributed by atoms with van der Waals surface area (Å²) >= 11 is 1.53. The van der Waals surface area contributed by atoms with Gasteiger partial charge >= 0.3 is 0 Å². The fourth-order valence-corrected chi connectivity index (χ4v) is 3.09. The summed E-state index contributed by atoms with van der Waals surface area (Å²) in [6.07, 6.45) is 4.83. The average Bonchev–Trinajstić information content (AvgIpc) is 3.15. The number of aliphatic hydroxyl groups excluding tert-OH is 1. The van der Waals surface area contributed by atoms with Crippen LogP contribution in [-0.2, 0) is 4.74 Å². The maximum absolute atomic E-state index is 8.74. The first-order valence-corrected chi connectivity index (χ1v) is 7.45. The fourth-order valence-electron chi connectivity index (χ4n) is 2.30. The standard InChI is InChI=1S/C12H19N3O2S/c16-7-8-17-10-3-5-15(6-4-10)12-13-11(14-18-12)9-1-2-9/h9-10,16H,1-8H2. The highest BCUT2D eigenvalue weighted by Gasteiger charge is 2.29. The molecule has 0 spiro atoms. The molecule has 1 N–H and O–H groups in total. The molecule has 6 heteroatoms. The molecule has 0 radical (unpaired) electrons. The van der Waals surface area contributed by atoms with E-state index in [2.05, 4.69) is 14.3 Å². The Kier molecular flexibility index (Phi) is 3.77. The van der Waals surface area contributed by atoms with Crippen molar-refractivity contribution in [2.24, 2.45) is 0 Å². The summed E-state index contributed by atoms with van der Waals surface area (Å²) < 4.78 is 10.0. The number of rotatable bonds is 5. The zero-order valence-electron chi connectivity index (χ0n) is 10.4. The van der Waals surface area contributed by atoms with Crippen LogP contribution in [0.4, 0.5) is 5.13 Å². The van der Waals surface area contributed by atoms with E-state index in [1.165, 1.54) is 24.4 Å². The van der Waals surface area contributed by atoms with Gasteiger partial charge in [-0.25, -0.2) is 4.98 Å². The number of aliphatic hydroxyl groups is 1. The molecule has 0 amide bonds. The van der Waals surface area contributed by atoms with Crippen LogP contribution in [0.2, 0.25) is 0 Å². The third-order valence-electron chi connectivity index (χ3n) is 3.53. The van der Waals surface area contributed by atoms with Crippen LogP contribution in [0.25, 0.3) is 0 Å². The van der Waals surface area contributed by atoms with Crippen molar-refractivity contribution >= 4 is 16.7 Å². The lowest BCUT2D eigenvalue weighted by Gasteiger charge is -2.31. The van der Waals surface area contributed by atoms with Crippen LogP contribution in [0.3, 0.4) is 0 Å². The van der Waals surface area contributed by atoms with Crippen LogP contribution in [0, 0.1) is 0 Å². The van der Waals surface area contributed by atoms with E-state index in [-0.39, 0.29) is 6.61 Å². The largest absolute Gasteiger partial charge is 0.394 e. The number of hydrogen-bond acceptors (Lipinski definition) is 6. The molecule has 1 aliphatic carbocycles. The lowest BCUT2D eigenvalue weighted by Crippen LogP contribution is -2.37. The Bertz CT molecular complexity index is 386. The minimum absolute atomic E-state index is 0.112. The summed E-state index contributed by atoms with van der Waals surface area (Å²) in [5.74, 6) is 1.69. The monoisotopic (exact) mass is 269 g/mol. The van der Waals surface area contributed by atoms with E-state index in [0.29, 0.717) is 18.6 Å². The number of anilines is 1. The van der Waals surface area contributed by atoms with E-state index in [1.54, 1.807) is 0 Å². The van der Waals surface area contributed by atoms with Crippen molar-refractivity contribution in [1.29, 1.82) is 0 Å². The topological polar surface area (TPSA) is 58.5 Å². The summed E-state index contributed by atoms with van der Waals surface area (Å²) in [6, 6.07) is 0. The first-order valence-electron chi connectivity index (χ1n) is 6.68. The molecule has 2 heterocycles. The van der Waals surface area contributed by atoms with Crippen molar-refractivity contribution in [3.8, 4) is 0 Å². The number of piperidine rings is 1. The SMILES string of the molecule is OCCOC1CCN(c2nc(C3CC3)ns2)CC1. The van der Waals surface area contributed by atoms with Gasteiger partial charge in [0.2, 0.25) is 5.13 Å². The number of aromatic nitrogens is 2. The van der Waals surface area contributed by atoms with Gasteiger partial charge in [-0.2, -0.15) is 4.37 Å². The average molecular weight is 269 g/mol. The quantitative estimate of drug-likeness (QED) is 0.875. The number of ether oxygens (including phenoxy) is 1. The van der Waals surface area contributed by atoms with Crippen LogP contribution in [0.5, 0.6) is 0 Å². The molecule has 5 nitrogen and oxygen atoms in total. The molecule has 2 aliphatic rings. The molecule has 2 fully saturated rings. The second-order valence-corrected chi connectivity index (χ2v) is 5.72. The van der Waals surface area contributed by atoms with Crippen molar-refractivity contribution in [2.75, 3.05) is 31.2 Å². The van der Waals surface area contributed by atoms with Crippen LogP contribution >= 0.6 is 11.5 Å². The highest BCUT2D eigenvalue weighted by molar-refractivity contribution is 7.09. The molecule has 3 rings (SSSR count). The highest BCUT2D eigenvalue weighted by atomic mass is 32.1. The smallest absolute Gasteiger partial charge is 0.205 e. The molecule has 0 atom stereocenters. The molecule has 1 aliphatic heterocycles. The predicted molar refractivity (Wildman–Crippen MR) is 70.2 cm³/mol. The fraction of sp³-hybridized carbons (Fsp3) is 0.833. The normalized spacial score (nSPS) is 21.5. The summed E-state index contributed by atoms with van der Waals surface area (Å²) in [4.78, 5) is 6.94. The van der Waals surface area contributed by atoms with Gasteiger partial charge in [0, 0.05) is 30.5 Å². The first kappa shape index (κ1) is 12.3. The molecular weight excluding hydrogens is 250 g/mol. The van der Waals surface area contributed by atoms with Crippen LogP contribution in [-0.4, -0.2) is 46.9 Å². The predicted octanol–water partition coefficient (Wildman–Crippen LogP) is 1.39. The van der Waals surface area contributed by atoms with E-state index in [4.69, 9.17) is 9.84 Å². The van der Waals surface area contributed by atoms with Gasteiger partial charge in [0.15, 0.2) is 0 Å². The molecule has 1 aromatic heterocycles. The van der Waals surface area contributed by atoms with Gasteiger partial charge in [-0.1, -0.05) is 0 Å². The summed E-state index contributed by atoms with van der Waals surface area (Å²) in [5.41, 5.74) is 0. The summed E-state index contributed by atoms with van der Waals surface area (Å²) in [6.45, 7) is 2.53. The van der Waals surface area contributed by atoms with Gasteiger partial charge in [0.05, 0.1) is 19.3 Å². The molecular formula is C12H19N3O2S. The molecule has 1 aromatic rings. The molecule has 0 bridgehead atoms. The zero-order chi connectivity index (χ0) is 12.4. The first-order chi connectivity index (χ1) is 8.86. The summed E-state index contributed by atoms with van der Waals surface area (Å²) in [7, 11) is 0. The third-order valence-corrected chi connectivity index (χ3v) is 4.32. The van der Waals surface area contributed by atoms with Crippen molar-refractivity contribution in [3.63, 3.8) is 0 Å². The Morgan fingerprint density at radius 2 is 2.06 bits per heavy atom. The van der Waals surface area contributed by atoms with Crippen LogP contribution < -0.4 is 4.90 Å². The molecule has 1 saturated carbocycles. The Hall–Kier alpha value is -0.720. The van der Waals surface area contributed by atoms with E-state index >= 15 is 0 Å². The zero-order valence-corrected chi connectivity index (χ0v) is 11.2. The van der Waals surface area contributed by atoms with Crippen LogP contribution in [0.1, 0.15) is 37.4 Å². The van der Waals surface area contributed by atoms with E-state index < -0.39 is 0 Å². The summed E-state index contributed by atoms with van der Waals surface area (Å²) in [5, 5.41) is 9.80. The minimum Gasteiger partial charge on any atom is -0.394 e. The maximum Gasteiger partial charge on any atom is 0.205 e. The molecule has 0 unspecified atom stereocenters. The van der Waals surface area contributed by atoms with Crippen molar-refractivity contribution in [1.82, 2.24) is 9.36 Å². The molecule has 100 valence electrons. The van der Waals surface area contributed by atoms with Gasteiger partial charge in [-0.3, -0.25) is 0 Å². The van der Waals surface area contributed by atoms with Crippen molar-refractivity contribution < 1.29 is 9.84 Å². The van der Waals surface area contributed by atoms with E-state index in [9.17, 15) is 0 Å². The van der Waals surface area contributed by atoms with Crippen molar-refractivity contribution in [3.05, 3.63) is 5.82 Å². The van der Waals surface area contributed by atoms with Gasteiger partial charge in [-0.05, 0) is 25.7 Å². The Labute approximate surface area is 111 Å². The highest BCUT2D eigenvalue weighted by Crippen LogP contribution is 2.39. The van der Waals surface area contributed by atoms with Gasteiger partial charge in [0.1, 0.15) is 5.82 Å². The van der Waals surface area contributed by atoms with E-state index in [0.717, 1.165) is 36.9 Å². The molecule has 18 heavy (non-hydrogen) atoms. The molecule has 0 aromatic carbocycles.